The van der Waals surface area contributed by atoms with Crippen LogP contribution in [-0.2, 0) is 27.8 Å². The van der Waals surface area contributed by atoms with Crippen LogP contribution >= 0.6 is 0 Å². The molecule has 2 unspecified atom stereocenters. The predicted molar refractivity (Wildman–Crippen MR) is 154 cm³/mol. The van der Waals surface area contributed by atoms with Crippen molar-refractivity contribution in [2.24, 2.45) is 13.0 Å². The molecule has 2 rings (SSSR count). The zero-order valence-corrected chi connectivity index (χ0v) is 24.6. The molecule has 1 fully saturated rings. The number of hydrogen-bond acceptors (Lipinski definition) is 4. The first-order chi connectivity index (χ1) is 18.7. The molecule has 1 N–H and O–H groups in total. The molecule has 6 heteroatoms. The van der Waals surface area contributed by atoms with Crippen LogP contribution in [0.4, 0.5) is 4.79 Å². The fourth-order valence-corrected chi connectivity index (χ4v) is 5.13. The first-order valence-corrected chi connectivity index (χ1v) is 15.7. The van der Waals surface area contributed by atoms with Gasteiger partial charge in [-0.2, -0.15) is 0 Å². The summed E-state index contributed by atoms with van der Waals surface area (Å²) in [5.74, 6) is 0.248. The number of rotatable bonds is 23. The molecule has 0 spiro atoms. The molecule has 1 amide bonds. The number of aromatic nitrogens is 1. The highest BCUT2D eigenvalue weighted by Crippen LogP contribution is 2.20. The minimum absolute atomic E-state index is 0.121. The van der Waals surface area contributed by atoms with E-state index in [1.165, 1.54) is 96.3 Å². The molecule has 2 heterocycles. The number of alkyl carbamates (subject to hydrolysis) is 1. The molecule has 0 bridgehead atoms. The summed E-state index contributed by atoms with van der Waals surface area (Å²) in [7, 11) is 1.96. The number of carbonyl (C=O) groups is 1. The van der Waals surface area contributed by atoms with Crippen molar-refractivity contribution < 1.29 is 23.6 Å². The fourth-order valence-electron chi connectivity index (χ4n) is 5.13. The molecule has 1 saturated heterocycles. The van der Waals surface area contributed by atoms with Crippen molar-refractivity contribution in [2.75, 3.05) is 26.4 Å². The Morgan fingerprint density at radius 2 is 1.50 bits per heavy atom. The smallest absolute Gasteiger partial charge is 0.407 e. The molecule has 38 heavy (non-hydrogen) atoms. The van der Waals surface area contributed by atoms with Gasteiger partial charge in [0.1, 0.15) is 13.6 Å². The molecular weight excluding hydrogens is 476 g/mol. The lowest BCUT2D eigenvalue weighted by Crippen LogP contribution is -2.37. The van der Waals surface area contributed by atoms with Gasteiger partial charge in [-0.3, -0.25) is 0 Å². The Morgan fingerprint density at radius 3 is 2.11 bits per heavy atom. The van der Waals surface area contributed by atoms with Gasteiger partial charge >= 0.3 is 6.09 Å². The number of carbonyl (C=O) groups excluding carboxylic acids is 1. The van der Waals surface area contributed by atoms with Crippen molar-refractivity contribution in [1.82, 2.24) is 5.32 Å². The highest BCUT2D eigenvalue weighted by molar-refractivity contribution is 5.67. The Hall–Kier alpha value is -1.66. The minimum atomic E-state index is -0.378. The fraction of sp³-hybridized carbons (Fsp3) is 0.812. The third-order valence-electron chi connectivity index (χ3n) is 7.64. The minimum Gasteiger partial charge on any atom is -0.449 e. The first kappa shape index (κ1) is 32.6. The van der Waals surface area contributed by atoms with E-state index < -0.39 is 0 Å². The summed E-state index contributed by atoms with van der Waals surface area (Å²) in [5, 5.41) is 2.82. The second-order valence-electron chi connectivity index (χ2n) is 11.2. The summed E-state index contributed by atoms with van der Waals surface area (Å²) in [5.41, 5.74) is 1.02. The van der Waals surface area contributed by atoms with E-state index >= 15 is 0 Å². The van der Waals surface area contributed by atoms with Crippen molar-refractivity contribution >= 4 is 6.09 Å². The highest BCUT2D eigenvalue weighted by atomic mass is 16.6. The van der Waals surface area contributed by atoms with Crippen molar-refractivity contribution in [3.63, 3.8) is 0 Å². The molecule has 0 aliphatic carbocycles. The quantitative estimate of drug-likeness (QED) is 0.117. The zero-order valence-electron chi connectivity index (χ0n) is 24.6. The Balaban J connectivity index is 1.31. The Labute approximate surface area is 233 Å². The number of nitrogens with zero attached hydrogens (tertiary/aromatic N) is 1. The van der Waals surface area contributed by atoms with E-state index in [9.17, 15) is 4.79 Å². The van der Waals surface area contributed by atoms with Crippen LogP contribution in [0.2, 0.25) is 0 Å². The Bertz CT molecular complexity index is 714. The van der Waals surface area contributed by atoms with Crippen molar-refractivity contribution in [2.45, 2.75) is 129 Å². The predicted octanol–water partition coefficient (Wildman–Crippen LogP) is 7.42. The number of unbranched alkanes of at least 4 members (excludes halogenated alkanes) is 15. The number of aryl methyl sites for hydroxylation is 1. The topological polar surface area (TPSA) is 60.7 Å². The number of ether oxygens (including phenoxy) is 3. The van der Waals surface area contributed by atoms with E-state index in [4.69, 9.17) is 14.2 Å². The largest absolute Gasteiger partial charge is 0.449 e. The molecule has 1 aromatic heterocycles. The Morgan fingerprint density at radius 1 is 0.895 bits per heavy atom. The van der Waals surface area contributed by atoms with E-state index in [0.717, 1.165) is 25.1 Å². The van der Waals surface area contributed by atoms with Gasteiger partial charge in [0, 0.05) is 24.7 Å². The first-order valence-electron chi connectivity index (χ1n) is 15.7. The van der Waals surface area contributed by atoms with Crippen LogP contribution in [0.3, 0.4) is 0 Å². The molecule has 0 saturated carbocycles. The Kier molecular flexibility index (Phi) is 19.0. The maximum Gasteiger partial charge on any atom is 0.407 e. The van der Waals surface area contributed by atoms with Crippen LogP contribution < -0.4 is 9.88 Å². The van der Waals surface area contributed by atoms with E-state index in [1.54, 1.807) is 0 Å². The monoisotopic (exact) mass is 533 g/mol. The van der Waals surface area contributed by atoms with Gasteiger partial charge in [0.05, 0.1) is 25.9 Å². The lowest BCUT2D eigenvalue weighted by molar-refractivity contribution is -0.679. The maximum absolute atomic E-state index is 12.0. The van der Waals surface area contributed by atoms with Gasteiger partial charge in [-0.05, 0) is 12.8 Å². The molecule has 0 radical (unpaired) electrons. The third-order valence-corrected chi connectivity index (χ3v) is 7.64. The number of nitrogens with one attached hydrogen (secondary N) is 1. The molecule has 0 aromatic carbocycles. The van der Waals surface area contributed by atoms with Crippen LogP contribution in [0.25, 0.3) is 0 Å². The van der Waals surface area contributed by atoms with Gasteiger partial charge in [-0.15, -0.1) is 0 Å². The third kappa shape index (κ3) is 16.3. The summed E-state index contributed by atoms with van der Waals surface area (Å²) in [6, 6.07) is 5.90. The zero-order chi connectivity index (χ0) is 27.1. The van der Waals surface area contributed by atoms with E-state index in [-0.39, 0.29) is 18.1 Å². The maximum atomic E-state index is 12.0. The lowest BCUT2D eigenvalue weighted by atomic mass is 10.0. The number of hydrogen-bond donors (Lipinski definition) is 1. The second kappa shape index (κ2) is 22.2. The van der Waals surface area contributed by atoms with Crippen LogP contribution in [0.15, 0.2) is 24.4 Å². The lowest BCUT2D eigenvalue weighted by Gasteiger charge is -2.11. The molecular formula is C32H57N2O4+. The van der Waals surface area contributed by atoms with Gasteiger partial charge in [0.15, 0.2) is 6.20 Å². The van der Waals surface area contributed by atoms with Gasteiger partial charge in [-0.25, -0.2) is 9.36 Å². The van der Waals surface area contributed by atoms with Crippen molar-refractivity contribution in [3.8, 4) is 0 Å². The molecule has 2 atom stereocenters. The van der Waals surface area contributed by atoms with Gasteiger partial charge in [-0.1, -0.05) is 109 Å². The average molecular weight is 534 g/mol. The summed E-state index contributed by atoms with van der Waals surface area (Å²) >= 11 is 0. The van der Waals surface area contributed by atoms with Crippen molar-refractivity contribution in [3.05, 3.63) is 30.1 Å². The van der Waals surface area contributed by atoms with Crippen molar-refractivity contribution in [1.29, 1.82) is 0 Å². The molecule has 1 aliphatic rings. The average Bonchev–Trinajstić information content (AvgIpc) is 3.38. The molecule has 1 aromatic rings. The molecule has 1 aliphatic heterocycles. The van der Waals surface area contributed by atoms with Crippen LogP contribution in [-0.4, -0.2) is 38.6 Å². The molecule has 6 nitrogen and oxygen atoms in total. The summed E-state index contributed by atoms with van der Waals surface area (Å²) in [6.45, 7) is 5.23. The standard InChI is InChI=1S/C32H56N2O4/c1-3-4-5-6-7-8-9-10-11-12-13-14-15-16-17-20-23-36-28-31-24-29(26-37-31)27-38-32(35)33-25-30-21-18-19-22-34(30)2/h18-19,21-22,29,31H,3-17,20,23-28H2,1-2H3/p+1. The number of amides is 1. The van der Waals surface area contributed by atoms with Crippen LogP contribution in [0, 0.1) is 5.92 Å². The molecule has 218 valence electrons. The summed E-state index contributed by atoms with van der Waals surface area (Å²) < 4.78 is 19.1. The van der Waals surface area contributed by atoms with E-state index in [2.05, 4.69) is 12.2 Å². The normalized spacial score (nSPS) is 17.1. The van der Waals surface area contributed by atoms with Gasteiger partial charge in [0.25, 0.3) is 0 Å². The SMILES string of the molecule is CCCCCCCCCCCCCCCCCCOCC1CC(COC(=O)NCc2cccc[n+]2C)CO1. The summed E-state index contributed by atoms with van der Waals surface area (Å²) in [6.07, 6.45) is 24.7. The highest BCUT2D eigenvalue weighted by Gasteiger charge is 2.26. The number of pyridine rings is 1. The summed E-state index contributed by atoms with van der Waals surface area (Å²) in [4.78, 5) is 12.0. The van der Waals surface area contributed by atoms with Gasteiger partial charge in [0.2, 0.25) is 5.69 Å². The van der Waals surface area contributed by atoms with Gasteiger partial charge < -0.3 is 19.5 Å². The van der Waals surface area contributed by atoms with Crippen LogP contribution in [0.1, 0.15) is 122 Å². The second-order valence-corrected chi connectivity index (χ2v) is 11.2. The van der Waals surface area contributed by atoms with Crippen LogP contribution in [0.5, 0.6) is 0 Å². The van der Waals surface area contributed by atoms with E-state index in [1.807, 2.05) is 36.0 Å². The van der Waals surface area contributed by atoms with E-state index in [0.29, 0.717) is 26.4 Å².